The molecule has 0 atom stereocenters. The van der Waals surface area contributed by atoms with E-state index in [0.717, 1.165) is 16.7 Å². The summed E-state index contributed by atoms with van der Waals surface area (Å²) in [5.41, 5.74) is 3.28. The molecule has 1 N–H and O–H groups in total. The number of fused-ring (bicyclic) bond motifs is 1. The Balaban J connectivity index is 1.68. The molecule has 0 saturated carbocycles. The Bertz CT molecular complexity index is 1300. The van der Waals surface area contributed by atoms with Crippen LogP contribution in [-0.4, -0.2) is 10.7 Å². The first-order valence-corrected chi connectivity index (χ1v) is 9.01. The highest BCUT2D eigenvalue weighted by molar-refractivity contribution is 7.12. The first-order chi connectivity index (χ1) is 13.7. The van der Waals surface area contributed by atoms with Gasteiger partial charge in [0.05, 0.1) is 16.9 Å². The summed E-state index contributed by atoms with van der Waals surface area (Å²) in [6, 6.07) is 16.8. The molecule has 2 aromatic carbocycles. The van der Waals surface area contributed by atoms with Crippen LogP contribution in [0.15, 0.2) is 74.3 Å². The number of thiazole rings is 1. The third-order valence-corrected chi connectivity index (χ3v) is 4.74. The molecule has 0 aliphatic rings. The second-order valence-electron chi connectivity index (χ2n) is 5.69. The highest BCUT2D eigenvalue weighted by Gasteiger charge is 2.14. The summed E-state index contributed by atoms with van der Waals surface area (Å²) in [7, 11) is 0. The Morgan fingerprint density at radius 3 is 2.82 bits per heavy atom. The van der Waals surface area contributed by atoms with Gasteiger partial charge in [-0.2, -0.15) is 10.4 Å². The molecule has 2 aromatic heterocycles. The molecule has 0 aliphatic carbocycles. The fourth-order valence-corrected chi connectivity index (χ4v) is 3.29. The van der Waals surface area contributed by atoms with Crippen LogP contribution in [0.2, 0.25) is 0 Å². The zero-order valence-electron chi connectivity index (χ0n) is 14.2. The molecular weight excluding hydrogens is 379 g/mol. The van der Waals surface area contributed by atoms with E-state index in [-0.39, 0.29) is 11.4 Å². The number of nitrogens with one attached hydrogen (secondary N) is 1. The third kappa shape index (κ3) is 3.39. The smallest absolute Gasteiger partial charge is 0.345 e. The van der Waals surface area contributed by atoms with E-state index in [9.17, 15) is 14.4 Å². The zero-order chi connectivity index (χ0) is 19.5. The number of halogens is 1. The zero-order valence-corrected chi connectivity index (χ0v) is 15.0. The Labute approximate surface area is 162 Å². The Kier molecular flexibility index (Phi) is 4.66. The van der Waals surface area contributed by atoms with Crippen molar-refractivity contribution in [1.82, 2.24) is 4.98 Å². The summed E-state index contributed by atoms with van der Waals surface area (Å²) in [5.74, 6) is -0.489. The van der Waals surface area contributed by atoms with Crippen molar-refractivity contribution in [2.45, 2.75) is 0 Å². The minimum absolute atomic E-state index is 0.0234. The Hall–Kier alpha value is -3.83. The molecule has 28 heavy (non-hydrogen) atoms. The predicted octanol–water partition coefficient (Wildman–Crippen LogP) is 4.40. The molecule has 136 valence electrons. The van der Waals surface area contributed by atoms with Crippen molar-refractivity contribution >= 4 is 33.7 Å². The van der Waals surface area contributed by atoms with Crippen LogP contribution in [0.3, 0.4) is 0 Å². The topological polar surface area (TPSA) is 91.3 Å². The van der Waals surface area contributed by atoms with Gasteiger partial charge in [0.1, 0.15) is 17.5 Å². The molecule has 0 unspecified atom stereocenters. The van der Waals surface area contributed by atoms with Crippen molar-refractivity contribution in [2.75, 3.05) is 5.43 Å². The van der Waals surface area contributed by atoms with Crippen LogP contribution in [0.5, 0.6) is 0 Å². The van der Waals surface area contributed by atoms with Gasteiger partial charge in [-0.05, 0) is 24.3 Å². The molecule has 0 amide bonds. The van der Waals surface area contributed by atoms with Gasteiger partial charge in [-0.25, -0.2) is 14.2 Å². The lowest BCUT2D eigenvalue weighted by Gasteiger charge is -2.01. The summed E-state index contributed by atoms with van der Waals surface area (Å²) in [6.45, 7) is 0. The number of hydrazone groups is 1. The van der Waals surface area contributed by atoms with E-state index < -0.39 is 11.4 Å². The molecule has 4 aromatic rings. The molecule has 2 heterocycles. The predicted molar refractivity (Wildman–Crippen MR) is 106 cm³/mol. The quantitative estimate of drug-likeness (QED) is 0.317. The maximum atomic E-state index is 13.7. The highest BCUT2D eigenvalue weighted by Crippen LogP contribution is 2.23. The van der Waals surface area contributed by atoms with Crippen LogP contribution >= 0.6 is 11.3 Å². The summed E-state index contributed by atoms with van der Waals surface area (Å²) < 4.78 is 19.0. The van der Waals surface area contributed by atoms with E-state index >= 15 is 0 Å². The summed E-state index contributed by atoms with van der Waals surface area (Å²) in [5, 5.41) is 16.0. The summed E-state index contributed by atoms with van der Waals surface area (Å²) in [4.78, 5) is 16.6. The van der Waals surface area contributed by atoms with Crippen LogP contribution in [0, 0.1) is 17.1 Å². The van der Waals surface area contributed by atoms with E-state index in [1.807, 2.05) is 18.2 Å². The van der Waals surface area contributed by atoms with Crippen LogP contribution in [-0.2, 0) is 0 Å². The molecular formula is C20H11FN4O2S. The molecule has 0 spiro atoms. The van der Waals surface area contributed by atoms with Gasteiger partial charge in [0.15, 0.2) is 10.7 Å². The van der Waals surface area contributed by atoms with Crippen LogP contribution < -0.4 is 11.1 Å². The van der Waals surface area contributed by atoms with Gasteiger partial charge in [-0.15, -0.1) is 11.3 Å². The molecule has 6 nitrogen and oxygen atoms in total. The number of nitrogens with zero attached hydrogens (tertiary/aromatic N) is 3. The first kappa shape index (κ1) is 17.6. The van der Waals surface area contributed by atoms with E-state index in [0.29, 0.717) is 21.8 Å². The SMILES string of the molecule is N#C/C(=N\Nc1ccccc1F)c1nc(-c2cc3ccccc3oc2=O)cs1. The van der Waals surface area contributed by atoms with Crippen molar-refractivity contribution in [3.05, 3.63) is 81.2 Å². The van der Waals surface area contributed by atoms with Gasteiger partial charge in [0, 0.05) is 10.8 Å². The van der Waals surface area contributed by atoms with Crippen molar-refractivity contribution in [3.63, 3.8) is 0 Å². The standard InChI is InChI=1S/C20H11FN4O2S/c21-14-6-2-3-7-15(14)24-25-16(10-22)19-23-17(11-28-19)13-9-12-5-1-4-8-18(12)27-20(13)26/h1-9,11,24H/b25-16+. The largest absolute Gasteiger partial charge is 0.422 e. The van der Waals surface area contributed by atoms with Gasteiger partial charge in [-0.1, -0.05) is 30.3 Å². The number of aromatic nitrogens is 1. The van der Waals surface area contributed by atoms with Crippen molar-refractivity contribution in [3.8, 4) is 17.3 Å². The molecule has 0 aliphatic heterocycles. The van der Waals surface area contributed by atoms with Gasteiger partial charge in [0.2, 0.25) is 0 Å². The fourth-order valence-electron chi connectivity index (χ4n) is 2.54. The second kappa shape index (κ2) is 7.42. The minimum Gasteiger partial charge on any atom is -0.422 e. The van der Waals surface area contributed by atoms with Crippen molar-refractivity contribution in [2.24, 2.45) is 5.10 Å². The lowest BCUT2D eigenvalue weighted by molar-refractivity contribution is 0.563. The van der Waals surface area contributed by atoms with Crippen molar-refractivity contribution in [1.29, 1.82) is 5.26 Å². The fraction of sp³-hybridized carbons (Fsp3) is 0. The van der Waals surface area contributed by atoms with Gasteiger partial charge >= 0.3 is 5.63 Å². The molecule has 0 radical (unpaired) electrons. The third-order valence-electron chi connectivity index (χ3n) is 3.89. The Morgan fingerprint density at radius 2 is 2.00 bits per heavy atom. The maximum absolute atomic E-state index is 13.7. The lowest BCUT2D eigenvalue weighted by Crippen LogP contribution is -2.05. The number of hydrogen-bond donors (Lipinski definition) is 1. The van der Waals surface area contributed by atoms with E-state index in [1.165, 1.54) is 12.1 Å². The molecule has 0 saturated heterocycles. The molecule has 0 bridgehead atoms. The lowest BCUT2D eigenvalue weighted by atomic mass is 10.1. The number of nitriles is 1. The van der Waals surface area contributed by atoms with Gasteiger partial charge < -0.3 is 4.42 Å². The van der Waals surface area contributed by atoms with Gasteiger partial charge in [-0.3, -0.25) is 5.43 Å². The van der Waals surface area contributed by atoms with Crippen LogP contribution in [0.25, 0.3) is 22.2 Å². The first-order valence-electron chi connectivity index (χ1n) is 8.13. The molecule has 8 heteroatoms. The van der Waals surface area contributed by atoms with Crippen LogP contribution in [0.4, 0.5) is 10.1 Å². The van der Waals surface area contributed by atoms with E-state index in [2.05, 4.69) is 15.5 Å². The van der Waals surface area contributed by atoms with E-state index in [1.54, 1.807) is 35.7 Å². The monoisotopic (exact) mass is 390 g/mol. The number of para-hydroxylation sites is 2. The van der Waals surface area contributed by atoms with E-state index in [4.69, 9.17) is 4.42 Å². The average molecular weight is 390 g/mol. The number of anilines is 1. The Morgan fingerprint density at radius 1 is 1.21 bits per heavy atom. The normalized spacial score (nSPS) is 11.4. The summed E-state index contributed by atoms with van der Waals surface area (Å²) >= 11 is 1.15. The average Bonchev–Trinajstić information content (AvgIpc) is 3.19. The molecule has 4 rings (SSSR count). The minimum atomic E-state index is -0.518. The highest BCUT2D eigenvalue weighted by atomic mass is 32.1. The van der Waals surface area contributed by atoms with Crippen molar-refractivity contribution < 1.29 is 8.81 Å². The number of rotatable bonds is 4. The number of hydrogen-bond acceptors (Lipinski definition) is 7. The molecule has 0 fully saturated rings. The maximum Gasteiger partial charge on any atom is 0.345 e. The number of benzene rings is 2. The van der Waals surface area contributed by atoms with Crippen LogP contribution in [0.1, 0.15) is 5.01 Å². The van der Waals surface area contributed by atoms with Gasteiger partial charge in [0.25, 0.3) is 0 Å². The summed E-state index contributed by atoms with van der Waals surface area (Å²) in [6.07, 6.45) is 0. The second-order valence-corrected chi connectivity index (χ2v) is 6.55.